The summed E-state index contributed by atoms with van der Waals surface area (Å²) in [7, 11) is 1.71. The number of nitrogens with one attached hydrogen (secondary N) is 2. The lowest BCUT2D eigenvalue weighted by atomic mass is 9.99. The summed E-state index contributed by atoms with van der Waals surface area (Å²) in [4.78, 5) is 12.6. The quantitative estimate of drug-likeness (QED) is 0.672. The Hall–Kier alpha value is -1.63. The number of rotatable bonds is 8. The molecule has 0 aliphatic carbocycles. The maximum absolute atomic E-state index is 11.1. The average Bonchev–Trinajstić information content (AvgIpc) is 2.59. The van der Waals surface area contributed by atoms with Gasteiger partial charge in [-0.05, 0) is 32.3 Å². The first-order chi connectivity index (χ1) is 11.9. The molecule has 1 aromatic rings. The monoisotopic (exact) mass is 349 g/mol. The SMILES string of the molecule is COCC(C)(C)NC[C@H](NC1CCN(C(=O)O)CC1)c1ccccc1. The van der Waals surface area contributed by atoms with Gasteiger partial charge in [0.05, 0.1) is 6.61 Å². The highest BCUT2D eigenvalue weighted by molar-refractivity contribution is 5.65. The van der Waals surface area contributed by atoms with Gasteiger partial charge in [0.15, 0.2) is 0 Å². The summed E-state index contributed by atoms with van der Waals surface area (Å²) in [6.45, 7) is 6.88. The van der Waals surface area contributed by atoms with Gasteiger partial charge in [-0.2, -0.15) is 0 Å². The van der Waals surface area contributed by atoms with E-state index in [0.717, 1.165) is 19.4 Å². The number of piperidine rings is 1. The molecule has 0 bridgehead atoms. The van der Waals surface area contributed by atoms with E-state index in [1.807, 2.05) is 6.07 Å². The Labute approximate surface area is 150 Å². The van der Waals surface area contributed by atoms with Crippen LogP contribution in [0.1, 0.15) is 38.3 Å². The number of carboxylic acid groups (broad SMARTS) is 1. The third-order valence-corrected chi connectivity index (χ3v) is 4.69. The van der Waals surface area contributed by atoms with E-state index in [1.54, 1.807) is 7.11 Å². The molecule has 0 radical (unpaired) electrons. The van der Waals surface area contributed by atoms with E-state index in [-0.39, 0.29) is 11.6 Å². The first kappa shape index (κ1) is 19.7. The van der Waals surface area contributed by atoms with Gasteiger partial charge in [0.1, 0.15) is 0 Å². The maximum Gasteiger partial charge on any atom is 0.407 e. The summed E-state index contributed by atoms with van der Waals surface area (Å²) in [6.07, 6.45) is 0.870. The minimum absolute atomic E-state index is 0.101. The van der Waals surface area contributed by atoms with Crippen LogP contribution in [-0.2, 0) is 4.74 Å². The van der Waals surface area contributed by atoms with Crippen LogP contribution in [0, 0.1) is 0 Å². The zero-order valence-corrected chi connectivity index (χ0v) is 15.5. The van der Waals surface area contributed by atoms with E-state index >= 15 is 0 Å². The number of benzene rings is 1. The Morgan fingerprint density at radius 2 is 1.96 bits per heavy atom. The molecule has 0 spiro atoms. The highest BCUT2D eigenvalue weighted by Crippen LogP contribution is 2.18. The molecular formula is C19H31N3O3. The van der Waals surface area contributed by atoms with E-state index in [9.17, 15) is 4.79 Å². The number of hydrogen-bond acceptors (Lipinski definition) is 4. The van der Waals surface area contributed by atoms with Gasteiger partial charge in [0, 0.05) is 44.4 Å². The van der Waals surface area contributed by atoms with Crippen LogP contribution in [0.5, 0.6) is 0 Å². The highest BCUT2D eigenvalue weighted by Gasteiger charge is 2.26. The number of nitrogens with zero attached hydrogens (tertiary/aromatic N) is 1. The van der Waals surface area contributed by atoms with E-state index in [0.29, 0.717) is 25.7 Å². The third kappa shape index (κ3) is 6.30. The van der Waals surface area contributed by atoms with E-state index in [1.165, 1.54) is 10.5 Å². The second kappa shape index (κ2) is 9.17. The van der Waals surface area contributed by atoms with E-state index < -0.39 is 6.09 Å². The van der Waals surface area contributed by atoms with Crippen molar-refractivity contribution in [1.29, 1.82) is 0 Å². The average molecular weight is 349 g/mol. The molecule has 3 N–H and O–H groups in total. The van der Waals surface area contributed by atoms with Crippen molar-refractivity contribution < 1.29 is 14.6 Å². The Morgan fingerprint density at radius 1 is 1.32 bits per heavy atom. The number of likely N-dealkylation sites (tertiary alicyclic amines) is 1. The van der Waals surface area contributed by atoms with Crippen molar-refractivity contribution in [3.05, 3.63) is 35.9 Å². The molecule has 1 heterocycles. The highest BCUT2D eigenvalue weighted by atomic mass is 16.5. The smallest absolute Gasteiger partial charge is 0.407 e. The fraction of sp³-hybridized carbons (Fsp3) is 0.632. The maximum atomic E-state index is 11.1. The van der Waals surface area contributed by atoms with Crippen LogP contribution >= 0.6 is 0 Å². The van der Waals surface area contributed by atoms with E-state index in [4.69, 9.17) is 9.84 Å². The lowest BCUT2D eigenvalue weighted by Crippen LogP contribution is -2.50. The van der Waals surface area contributed by atoms with Gasteiger partial charge in [-0.3, -0.25) is 0 Å². The summed E-state index contributed by atoms with van der Waals surface area (Å²) in [6, 6.07) is 10.9. The molecule has 0 saturated carbocycles. The molecule has 0 aromatic heterocycles. The first-order valence-electron chi connectivity index (χ1n) is 8.94. The number of ether oxygens (including phenoxy) is 1. The van der Waals surface area contributed by atoms with Crippen molar-refractivity contribution in [2.75, 3.05) is 33.4 Å². The molecule has 1 aliphatic rings. The molecule has 1 amide bonds. The fourth-order valence-electron chi connectivity index (χ4n) is 3.27. The molecule has 1 atom stereocenters. The number of hydrogen-bond donors (Lipinski definition) is 3. The Kier molecular flexibility index (Phi) is 7.23. The lowest BCUT2D eigenvalue weighted by molar-refractivity contribution is 0.121. The van der Waals surface area contributed by atoms with Crippen molar-refractivity contribution in [1.82, 2.24) is 15.5 Å². The van der Waals surface area contributed by atoms with Gasteiger partial charge in [0.2, 0.25) is 0 Å². The van der Waals surface area contributed by atoms with Gasteiger partial charge in [0.25, 0.3) is 0 Å². The van der Waals surface area contributed by atoms with Crippen LogP contribution in [0.4, 0.5) is 4.79 Å². The second-order valence-corrected chi connectivity index (χ2v) is 7.37. The zero-order chi connectivity index (χ0) is 18.3. The fourth-order valence-corrected chi connectivity index (χ4v) is 3.27. The molecule has 1 aliphatic heterocycles. The minimum Gasteiger partial charge on any atom is -0.465 e. The molecular weight excluding hydrogens is 318 g/mol. The van der Waals surface area contributed by atoms with Crippen molar-refractivity contribution in [3.63, 3.8) is 0 Å². The Bertz CT molecular complexity index is 528. The molecule has 1 aromatic carbocycles. The topological polar surface area (TPSA) is 73.8 Å². The Balaban J connectivity index is 1.97. The number of methoxy groups -OCH3 is 1. The summed E-state index contributed by atoms with van der Waals surface area (Å²) < 4.78 is 5.28. The van der Waals surface area contributed by atoms with Crippen molar-refractivity contribution >= 4 is 6.09 Å². The minimum atomic E-state index is -0.818. The Morgan fingerprint density at radius 3 is 2.52 bits per heavy atom. The lowest BCUT2D eigenvalue weighted by Gasteiger charge is -2.35. The second-order valence-electron chi connectivity index (χ2n) is 7.37. The first-order valence-corrected chi connectivity index (χ1v) is 8.94. The standard InChI is InChI=1S/C19H31N3O3/c1-19(2,14-25-3)20-13-17(15-7-5-4-6-8-15)21-16-9-11-22(12-10-16)18(23)24/h4-8,16-17,20-21H,9-14H2,1-3H3,(H,23,24)/t17-/m0/s1. The predicted octanol–water partition coefficient (Wildman–Crippen LogP) is 2.47. The van der Waals surface area contributed by atoms with Crippen LogP contribution in [0.3, 0.4) is 0 Å². The summed E-state index contributed by atoms with van der Waals surface area (Å²) in [5, 5.41) is 16.4. The molecule has 25 heavy (non-hydrogen) atoms. The number of amides is 1. The number of carbonyl (C=O) groups is 1. The molecule has 1 fully saturated rings. The molecule has 140 valence electrons. The van der Waals surface area contributed by atoms with Crippen LogP contribution in [0.25, 0.3) is 0 Å². The summed E-state index contributed by atoms with van der Waals surface area (Å²) in [5.41, 5.74) is 1.14. The molecule has 1 saturated heterocycles. The molecule has 0 unspecified atom stereocenters. The molecule has 6 nitrogen and oxygen atoms in total. The normalized spacial score (nSPS) is 17.5. The zero-order valence-electron chi connectivity index (χ0n) is 15.5. The van der Waals surface area contributed by atoms with Crippen LogP contribution in [0.15, 0.2) is 30.3 Å². The van der Waals surface area contributed by atoms with Gasteiger partial charge in [-0.15, -0.1) is 0 Å². The van der Waals surface area contributed by atoms with Crippen molar-refractivity contribution in [2.45, 2.75) is 44.3 Å². The summed E-state index contributed by atoms with van der Waals surface area (Å²) >= 11 is 0. The van der Waals surface area contributed by atoms with E-state index in [2.05, 4.69) is 48.7 Å². The van der Waals surface area contributed by atoms with Crippen LogP contribution < -0.4 is 10.6 Å². The van der Waals surface area contributed by atoms with Crippen LogP contribution in [-0.4, -0.2) is 61.0 Å². The largest absolute Gasteiger partial charge is 0.465 e. The van der Waals surface area contributed by atoms with Gasteiger partial charge in [-0.25, -0.2) is 4.79 Å². The molecule has 6 heteroatoms. The van der Waals surface area contributed by atoms with Gasteiger partial charge in [-0.1, -0.05) is 30.3 Å². The molecule has 2 rings (SSSR count). The third-order valence-electron chi connectivity index (χ3n) is 4.69. The van der Waals surface area contributed by atoms with Crippen molar-refractivity contribution in [3.8, 4) is 0 Å². The van der Waals surface area contributed by atoms with Gasteiger partial charge < -0.3 is 25.4 Å². The van der Waals surface area contributed by atoms with Crippen molar-refractivity contribution in [2.24, 2.45) is 0 Å². The predicted molar refractivity (Wildman–Crippen MR) is 98.9 cm³/mol. The summed E-state index contributed by atoms with van der Waals surface area (Å²) in [5.74, 6) is 0. The van der Waals surface area contributed by atoms with Gasteiger partial charge >= 0.3 is 6.09 Å². The van der Waals surface area contributed by atoms with Crippen LogP contribution in [0.2, 0.25) is 0 Å².